The summed E-state index contributed by atoms with van der Waals surface area (Å²) in [6.07, 6.45) is 11.3. The summed E-state index contributed by atoms with van der Waals surface area (Å²) in [5, 5.41) is 0. The molecular weight excluding hydrogens is 220 g/mol. The zero-order valence-electron chi connectivity index (χ0n) is 12.4. The first-order valence-electron chi connectivity index (χ1n) is 8.22. The number of hydrogen-bond donors (Lipinski definition) is 1. The van der Waals surface area contributed by atoms with E-state index in [1.165, 1.54) is 57.9 Å². The fourth-order valence-electron chi connectivity index (χ4n) is 4.20. The molecule has 1 saturated carbocycles. The van der Waals surface area contributed by atoms with Crippen molar-refractivity contribution >= 4 is 0 Å². The standard InChI is InChI=1S/C16H32N2/c1-3-14-7-4-8-15(10-9-14)18-11-5-6-13(2)16(18)12-17/h13-16H,3-12,17H2,1-2H3. The summed E-state index contributed by atoms with van der Waals surface area (Å²) in [7, 11) is 0. The van der Waals surface area contributed by atoms with Gasteiger partial charge in [0.2, 0.25) is 0 Å². The lowest BCUT2D eigenvalue weighted by atomic mass is 9.88. The summed E-state index contributed by atoms with van der Waals surface area (Å²) in [5.41, 5.74) is 6.04. The number of likely N-dealkylation sites (tertiary alicyclic amines) is 1. The Labute approximate surface area is 113 Å². The second-order valence-electron chi connectivity index (χ2n) is 6.60. The first-order chi connectivity index (χ1) is 8.76. The molecule has 0 radical (unpaired) electrons. The van der Waals surface area contributed by atoms with Gasteiger partial charge in [0.25, 0.3) is 0 Å². The van der Waals surface area contributed by atoms with Gasteiger partial charge in [-0.1, -0.05) is 33.1 Å². The van der Waals surface area contributed by atoms with E-state index in [4.69, 9.17) is 5.73 Å². The summed E-state index contributed by atoms with van der Waals surface area (Å²) in [5.74, 6) is 1.79. The Kier molecular flexibility index (Phi) is 5.50. The molecule has 2 nitrogen and oxygen atoms in total. The number of hydrogen-bond acceptors (Lipinski definition) is 2. The van der Waals surface area contributed by atoms with Gasteiger partial charge in [0.15, 0.2) is 0 Å². The Morgan fingerprint density at radius 2 is 1.89 bits per heavy atom. The number of piperidine rings is 1. The molecule has 1 heterocycles. The third kappa shape index (κ3) is 3.27. The predicted octanol–water partition coefficient (Wildman–Crippen LogP) is 3.40. The van der Waals surface area contributed by atoms with E-state index in [2.05, 4.69) is 18.7 Å². The van der Waals surface area contributed by atoms with Crippen LogP contribution in [-0.2, 0) is 0 Å². The van der Waals surface area contributed by atoms with Gasteiger partial charge >= 0.3 is 0 Å². The van der Waals surface area contributed by atoms with Crippen molar-refractivity contribution < 1.29 is 0 Å². The Bertz CT molecular complexity index is 241. The molecule has 2 heteroatoms. The Morgan fingerprint density at radius 3 is 2.61 bits per heavy atom. The minimum atomic E-state index is 0.655. The van der Waals surface area contributed by atoms with Crippen molar-refractivity contribution in [1.82, 2.24) is 4.90 Å². The highest BCUT2D eigenvalue weighted by Crippen LogP contribution is 2.32. The van der Waals surface area contributed by atoms with Gasteiger partial charge in [-0.05, 0) is 50.5 Å². The lowest BCUT2D eigenvalue weighted by Crippen LogP contribution is -2.53. The molecule has 1 aliphatic carbocycles. The van der Waals surface area contributed by atoms with E-state index < -0.39 is 0 Å². The van der Waals surface area contributed by atoms with Crippen molar-refractivity contribution in [3.8, 4) is 0 Å². The van der Waals surface area contributed by atoms with E-state index >= 15 is 0 Å². The smallest absolute Gasteiger partial charge is 0.0246 e. The maximum atomic E-state index is 6.04. The molecule has 0 bridgehead atoms. The van der Waals surface area contributed by atoms with Crippen LogP contribution in [0.2, 0.25) is 0 Å². The fraction of sp³-hybridized carbons (Fsp3) is 1.00. The van der Waals surface area contributed by atoms with Crippen LogP contribution in [0.15, 0.2) is 0 Å². The second kappa shape index (κ2) is 6.91. The maximum Gasteiger partial charge on any atom is 0.0246 e. The van der Waals surface area contributed by atoms with Crippen LogP contribution in [0.1, 0.15) is 65.2 Å². The third-order valence-corrected chi connectivity index (χ3v) is 5.50. The first kappa shape index (κ1) is 14.3. The van der Waals surface area contributed by atoms with Gasteiger partial charge in [0, 0.05) is 18.6 Å². The quantitative estimate of drug-likeness (QED) is 0.780. The Hall–Kier alpha value is -0.0800. The van der Waals surface area contributed by atoms with Crippen molar-refractivity contribution in [2.75, 3.05) is 13.1 Å². The number of nitrogens with zero attached hydrogens (tertiary/aromatic N) is 1. The Morgan fingerprint density at radius 1 is 1.06 bits per heavy atom. The van der Waals surface area contributed by atoms with Crippen molar-refractivity contribution in [3.63, 3.8) is 0 Å². The molecule has 4 unspecified atom stereocenters. The van der Waals surface area contributed by atoms with Crippen LogP contribution in [0.4, 0.5) is 0 Å². The zero-order chi connectivity index (χ0) is 13.0. The predicted molar refractivity (Wildman–Crippen MR) is 78.6 cm³/mol. The normalized spacial score (nSPS) is 39.5. The molecule has 2 aliphatic rings. The molecule has 2 rings (SSSR count). The Balaban J connectivity index is 1.96. The highest BCUT2D eigenvalue weighted by Gasteiger charge is 2.33. The minimum absolute atomic E-state index is 0.655. The third-order valence-electron chi connectivity index (χ3n) is 5.50. The van der Waals surface area contributed by atoms with E-state index in [1.807, 2.05) is 0 Å². The molecule has 18 heavy (non-hydrogen) atoms. The molecule has 2 N–H and O–H groups in total. The summed E-state index contributed by atoms with van der Waals surface area (Å²) in [4.78, 5) is 2.78. The van der Waals surface area contributed by atoms with Crippen LogP contribution in [0.25, 0.3) is 0 Å². The first-order valence-corrected chi connectivity index (χ1v) is 8.22. The van der Waals surface area contributed by atoms with Gasteiger partial charge in [0.1, 0.15) is 0 Å². The monoisotopic (exact) mass is 252 g/mol. The average molecular weight is 252 g/mol. The molecule has 0 aromatic carbocycles. The summed E-state index contributed by atoms with van der Waals surface area (Å²) < 4.78 is 0. The molecule has 4 atom stereocenters. The van der Waals surface area contributed by atoms with E-state index in [1.54, 1.807) is 0 Å². The molecular formula is C16H32N2. The van der Waals surface area contributed by atoms with Gasteiger partial charge in [-0.2, -0.15) is 0 Å². The highest BCUT2D eigenvalue weighted by molar-refractivity contribution is 4.88. The zero-order valence-corrected chi connectivity index (χ0v) is 12.4. The van der Waals surface area contributed by atoms with Gasteiger partial charge in [-0.25, -0.2) is 0 Å². The minimum Gasteiger partial charge on any atom is -0.329 e. The van der Waals surface area contributed by atoms with Gasteiger partial charge in [-0.15, -0.1) is 0 Å². The number of rotatable bonds is 3. The summed E-state index contributed by atoms with van der Waals surface area (Å²) in [6, 6.07) is 1.49. The van der Waals surface area contributed by atoms with Crippen LogP contribution in [0, 0.1) is 11.8 Å². The number of nitrogens with two attached hydrogens (primary N) is 1. The average Bonchev–Trinajstić information content (AvgIpc) is 2.63. The largest absolute Gasteiger partial charge is 0.329 e. The lowest BCUT2D eigenvalue weighted by Gasteiger charge is -2.44. The van der Waals surface area contributed by atoms with E-state index in [0.29, 0.717) is 6.04 Å². The molecule has 1 aliphatic heterocycles. The second-order valence-corrected chi connectivity index (χ2v) is 6.60. The van der Waals surface area contributed by atoms with Crippen molar-refractivity contribution in [1.29, 1.82) is 0 Å². The topological polar surface area (TPSA) is 29.3 Å². The molecule has 0 spiro atoms. The summed E-state index contributed by atoms with van der Waals surface area (Å²) >= 11 is 0. The molecule has 0 amide bonds. The van der Waals surface area contributed by atoms with E-state index in [0.717, 1.165) is 24.4 Å². The van der Waals surface area contributed by atoms with Crippen LogP contribution < -0.4 is 5.73 Å². The van der Waals surface area contributed by atoms with Crippen molar-refractivity contribution in [3.05, 3.63) is 0 Å². The molecule has 106 valence electrons. The van der Waals surface area contributed by atoms with Gasteiger partial charge < -0.3 is 5.73 Å². The lowest BCUT2D eigenvalue weighted by molar-refractivity contribution is 0.0546. The van der Waals surface area contributed by atoms with Crippen molar-refractivity contribution in [2.45, 2.75) is 77.3 Å². The molecule has 2 fully saturated rings. The SMILES string of the molecule is CCC1CCCC(N2CCCC(C)C2CN)CC1. The summed E-state index contributed by atoms with van der Waals surface area (Å²) in [6.45, 7) is 6.91. The molecule has 0 aromatic heterocycles. The maximum absolute atomic E-state index is 6.04. The van der Waals surface area contributed by atoms with Crippen LogP contribution in [0.5, 0.6) is 0 Å². The van der Waals surface area contributed by atoms with E-state index in [9.17, 15) is 0 Å². The highest BCUT2D eigenvalue weighted by atomic mass is 15.2. The van der Waals surface area contributed by atoms with Crippen LogP contribution in [-0.4, -0.2) is 30.1 Å². The van der Waals surface area contributed by atoms with Crippen molar-refractivity contribution in [2.24, 2.45) is 17.6 Å². The van der Waals surface area contributed by atoms with Gasteiger partial charge in [-0.3, -0.25) is 4.90 Å². The molecule has 0 aromatic rings. The van der Waals surface area contributed by atoms with Crippen LogP contribution in [0.3, 0.4) is 0 Å². The molecule has 1 saturated heterocycles. The van der Waals surface area contributed by atoms with Gasteiger partial charge in [0.05, 0.1) is 0 Å². The fourth-order valence-corrected chi connectivity index (χ4v) is 4.20. The van der Waals surface area contributed by atoms with Crippen LogP contribution >= 0.6 is 0 Å². The van der Waals surface area contributed by atoms with E-state index in [-0.39, 0.29) is 0 Å².